The molecule has 3 aromatic rings. The maximum Gasteiger partial charge on any atom is 0.337 e. The van der Waals surface area contributed by atoms with E-state index in [1.807, 2.05) is 30.3 Å². The fourth-order valence-corrected chi connectivity index (χ4v) is 7.64. The topological polar surface area (TPSA) is 64.4 Å². The summed E-state index contributed by atoms with van der Waals surface area (Å²) in [5.74, 6) is -0.338. The number of esters is 1. The number of methoxy groups -OCH3 is 1. The third-order valence-corrected chi connectivity index (χ3v) is 9.51. The average molecular weight is 528 g/mol. The Morgan fingerprint density at radius 1 is 0.821 bits per heavy atom. The summed E-state index contributed by atoms with van der Waals surface area (Å²) < 4.78 is 6.92. The van der Waals surface area contributed by atoms with E-state index in [1.54, 1.807) is 12.1 Å². The second kappa shape index (κ2) is 11.6. The molecule has 3 atom stereocenters. The second-order valence-electron chi connectivity index (χ2n) is 11.9. The van der Waals surface area contributed by atoms with Crippen molar-refractivity contribution in [3.05, 3.63) is 75.7 Å². The van der Waals surface area contributed by atoms with Gasteiger partial charge in [0.05, 0.1) is 23.7 Å². The summed E-state index contributed by atoms with van der Waals surface area (Å²) in [5.41, 5.74) is 4.20. The summed E-state index contributed by atoms with van der Waals surface area (Å²) >= 11 is 0. The van der Waals surface area contributed by atoms with Crippen molar-refractivity contribution in [2.24, 2.45) is 0 Å². The molecule has 6 rings (SSSR count). The van der Waals surface area contributed by atoms with Crippen LogP contribution in [-0.2, 0) is 17.6 Å². The van der Waals surface area contributed by atoms with Crippen LogP contribution in [0.4, 0.5) is 0 Å². The molecule has 0 spiro atoms. The highest BCUT2D eigenvalue weighted by atomic mass is 16.5. The molecule has 206 valence electrons. The van der Waals surface area contributed by atoms with Gasteiger partial charge in [-0.1, -0.05) is 56.4 Å². The Morgan fingerprint density at radius 3 is 2.18 bits per heavy atom. The molecule has 1 saturated carbocycles. The van der Waals surface area contributed by atoms with Crippen molar-refractivity contribution in [2.75, 3.05) is 7.11 Å². The number of para-hydroxylation sites is 2. The number of carbonyl (C=O) groups is 1. The lowest BCUT2D eigenvalue weighted by atomic mass is 9.89. The van der Waals surface area contributed by atoms with Crippen LogP contribution in [0.15, 0.2) is 53.3 Å². The Hall–Kier alpha value is -2.99. The smallest absolute Gasteiger partial charge is 0.337 e. The molecule has 2 aromatic carbocycles. The number of aromatic nitrogens is 2. The largest absolute Gasteiger partial charge is 0.465 e. The van der Waals surface area contributed by atoms with Crippen molar-refractivity contribution in [2.45, 2.75) is 108 Å². The van der Waals surface area contributed by atoms with Gasteiger partial charge >= 0.3 is 5.97 Å². The number of hydrogen-bond donors (Lipinski definition) is 0. The van der Waals surface area contributed by atoms with E-state index in [-0.39, 0.29) is 17.6 Å². The van der Waals surface area contributed by atoms with Crippen molar-refractivity contribution >= 4 is 17.0 Å². The minimum absolute atomic E-state index is 0.0729. The van der Waals surface area contributed by atoms with E-state index in [1.165, 1.54) is 64.9 Å². The van der Waals surface area contributed by atoms with Gasteiger partial charge < -0.3 is 9.30 Å². The first-order valence-electron chi connectivity index (χ1n) is 15.1. The molecular weight excluding hydrogens is 486 g/mol. The first-order chi connectivity index (χ1) is 19.1. The molecule has 0 N–H and O–H groups in total. The molecule has 1 aliphatic carbocycles. The standard InChI is InChI=1S/C33H41N3O3/c1-39-33(38)24-16-13-23(14-17-24)15-20-30-32(37)36(31-12-8-7-11-29(31)34-30)28-21-26-18-19-27(22-28)35(26)25-9-5-3-2-4-6-10-25/h7-8,11-14,16-17,25-28H,2-6,9-10,15,18-22H2,1H3/t26-,27+,28?. The summed E-state index contributed by atoms with van der Waals surface area (Å²) in [6.07, 6.45) is 15.6. The molecule has 6 heteroatoms. The van der Waals surface area contributed by atoms with E-state index in [2.05, 4.69) is 15.5 Å². The van der Waals surface area contributed by atoms with Gasteiger partial charge in [0.15, 0.2) is 0 Å². The molecule has 0 radical (unpaired) electrons. The quantitative estimate of drug-likeness (QED) is 0.355. The van der Waals surface area contributed by atoms with Gasteiger partial charge in [-0.05, 0) is 81.2 Å². The highest BCUT2D eigenvalue weighted by Crippen LogP contribution is 2.44. The number of carbonyl (C=O) groups excluding carboxylic acids is 1. The molecule has 2 saturated heterocycles. The van der Waals surface area contributed by atoms with E-state index in [9.17, 15) is 9.59 Å². The van der Waals surface area contributed by atoms with E-state index < -0.39 is 0 Å². The number of hydrogen-bond acceptors (Lipinski definition) is 5. The monoisotopic (exact) mass is 527 g/mol. The van der Waals surface area contributed by atoms with Gasteiger partial charge in [0.2, 0.25) is 0 Å². The van der Waals surface area contributed by atoms with Crippen molar-refractivity contribution in [1.29, 1.82) is 0 Å². The predicted octanol–water partition coefficient (Wildman–Crippen LogP) is 6.25. The lowest BCUT2D eigenvalue weighted by Gasteiger charge is -2.45. The third kappa shape index (κ3) is 5.41. The number of rotatable bonds is 6. The Balaban J connectivity index is 1.25. The zero-order chi connectivity index (χ0) is 26.8. The molecule has 1 unspecified atom stereocenters. The number of piperidine rings is 1. The van der Waals surface area contributed by atoms with E-state index in [4.69, 9.17) is 9.72 Å². The first-order valence-corrected chi connectivity index (χ1v) is 15.1. The molecule has 2 aliphatic heterocycles. The van der Waals surface area contributed by atoms with Crippen LogP contribution < -0.4 is 5.56 Å². The van der Waals surface area contributed by atoms with Crippen LogP contribution in [0.1, 0.15) is 98.3 Å². The molecule has 1 aromatic heterocycles. The average Bonchev–Trinajstić information content (AvgIpc) is 3.20. The maximum atomic E-state index is 14.0. The van der Waals surface area contributed by atoms with Gasteiger partial charge in [0, 0.05) is 24.2 Å². The number of fused-ring (bicyclic) bond motifs is 3. The third-order valence-electron chi connectivity index (χ3n) is 9.51. The Bertz CT molecular complexity index is 1340. The van der Waals surface area contributed by atoms with Crippen LogP contribution >= 0.6 is 0 Å². The molecular formula is C33H41N3O3. The van der Waals surface area contributed by atoms with Gasteiger partial charge in [0.1, 0.15) is 5.69 Å². The Labute approximate surface area is 231 Å². The van der Waals surface area contributed by atoms with Crippen LogP contribution in [0.2, 0.25) is 0 Å². The Kier molecular flexibility index (Phi) is 7.83. The minimum Gasteiger partial charge on any atom is -0.465 e. The van der Waals surface area contributed by atoms with Gasteiger partial charge in [-0.15, -0.1) is 0 Å². The van der Waals surface area contributed by atoms with Crippen molar-refractivity contribution in [3.63, 3.8) is 0 Å². The lowest BCUT2D eigenvalue weighted by Crippen LogP contribution is -2.50. The minimum atomic E-state index is -0.338. The van der Waals surface area contributed by atoms with E-state index in [0.717, 1.165) is 35.5 Å². The Morgan fingerprint density at radius 2 is 1.49 bits per heavy atom. The zero-order valence-corrected chi connectivity index (χ0v) is 23.2. The summed E-state index contributed by atoms with van der Waals surface area (Å²) in [6, 6.07) is 17.7. The second-order valence-corrected chi connectivity index (χ2v) is 11.9. The van der Waals surface area contributed by atoms with E-state index >= 15 is 0 Å². The van der Waals surface area contributed by atoms with Crippen LogP contribution in [0.25, 0.3) is 11.0 Å². The number of ether oxygens (including phenoxy) is 1. The van der Waals surface area contributed by atoms with Gasteiger partial charge in [0.25, 0.3) is 5.56 Å². The van der Waals surface area contributed by atoms with Gasteiger partial charge in [-0.25, -0.2) is 9.78 Å². The molecule has 39 heavy (non-hydrogen) atoms. The molecule has 3 fully saturated rings. The van der Waals surface area contributed by atoms with Crippen LogP contribution in [0.3, 0.4) is 0 Å². The summed E-state index contributed by atoms with van der Waals surface area (Å²) in [5, 5.41) is 0. The maximum absolute atomic E-state index is 14.0. The van der Waals surface area contributed by atoms with Crippen LogP contribution in [0.5, 0.6) is 0 Å². The van der Waals surface area contributed by atoms with Gasteiger partial charge in [-0.3, -0.25) is 9.69 Å². The molecule has 3 aliphatic rings. The normalized spacial score (nSPS) is 24.4. The SMILES string of the molecule is COC(=O)c1ccc(CCc2nc3ccccc3n(C3C[C@H]4CC[C@@H](C3)N4C3CCCCCCC3)c2=O)cc1. The predicted molar refractivity (Wildman–Crippen MR) is 154 cm³/mol. The fraction of sp³-hybridized carbons (Fsp3) is 0.545. The summed E-state index contributed by atoms with van der Waals surface area (Å²) in [6.45, 7) is 0. The number of aryl methyl sites for hydroxylation is 2. The molecule has 0 amide bonds. The van der Waals surface area contributed by atoms with Crippen LogP contribution in [0, 0.1) is 0 Å². The van der Waals surface area contributed by atoms with Crippen molar-refractivity contribution in [1.82, 2.24) is 14.5 Å². The fourth-order valence-electron chi connectivity index (χ4n) is 7.64. The zero-order valence-electron chi connectivity index (χ0n) is 23.2. The molecule has 2 bridgehead atoms. The lowest BCUT2D eigenvalue weighted by molar-refractivity contribution is 0.0497. The van der Waals surface area contributed by atoms with Crippen LogP contribution in [-0.4, -0.2) is 45.7 Å². The summed E-state index contributed by atoms with van der Waals surface area (Å²) in [4.78, 5) is 33.5. The van der Waals surface area contributed by atoms with Crippen molar-refractivity contribution in [3.8, 4) is 0 Å². The van der Waals surface area contributed by atoms with Gasteiger partial charge in [-0.2, -0.15) is 0 Å². The number of nitrogens with zero attached hydrogens (tertiary/aromatic N) is 3. The van der Waals surface area contributed by atoms with E-state index in [0.29, 0.717) is 36.2 Å². The first kappa shape index (κ1) is 26.2. The molecule has 6 nitrogen and oxygen atoms in total. The molecule has 3 heterocycles. The van der Waals surface area contributed by atoms with Crippen molar-refractivity contribution < 1.29 is 9.53 Å². The highest BCUT2D eigenvalue weighted by Gasteiger charge is 2.44. The number of benzene rings is 2. The summed E-state index contributed by atoms with van der Waals surface area (Å²) in [7, 11) is 1.39. The highest BCUT2D eigenvalue weighted by molar-refractivity contribution is 5.89.